The Morgan fingerprint density at radius 3 is 3.06 bits per heavy atom. The fourth-order valence-electron chi connectivity index (χ4n) is 2.13. The van der Waals surface area contributed by atoms with Gasteiger partial charge in [0.05, 0.1) is 6.10 Å². The third-order valence-electron chi connectivity index (χ3n) is 2.98. The largest absolute Gasteiger partial charge is 0.385 e. The number of hydrazine groups is 1. The van der Waals surface area contributed by atoms with Crippen LogP contribution < -0.4 is 11.3 Å². The van der Waals surface area contributed by atoms with Crippen molar-refractivity contribution in [1.82, 2.24) is 10.3 Å². The Labute approximate surface area is 109 Å². The zero-order valence-corrected chi connectivity index (χ0v) is 11.5. The molecule has 1 aliphatic rings. The first-order valence-corrected chi connectivity index (χ1v) is 6.68. The first kappa shape index (κ1) is 15.2. The highest BCUT2D eigenvalue weighted by Gasteiger charge is 2.22. The van der Waals surface area contributed by atoms with Crippen molar-refractivity contribution < 1.29 is 9.47 Å². The molecule has 0 amide bonds. The zero-order valence-electron chi connectivity index (χ0n) is 11.5. The molecule has 106 valence electrons. The number of hydrogen-bond donors (Lipinski definition) is 2. The minimum atomic E-state index is 0.293. The minimum absolute atomic E-state index is 0.293. The van der Waals surface area contributed by atoms with Crippen molar-refractivity contribution >= 4 is 5.96 Å². The molecule has 1 rings (SSSR count). The summed E-state index contributed by atoms with van der Waals surface area (Å²) in [7, 11) is 1.70. The van der Waals surface area contributed by atoms with Gasteiger partial charge in [-0.3, -0.25) is 10.4 Å². The molecule has 0 aromatic heterocycles. The predicted octanol–water partition coefficient (Wildman–Crippen LogP) is 0.343. The average Bonchev–Trinajstić information content (AvgIpc) is 2.40. The Bertz CT molecular complexity index is 246. The summed E-state index contributed by atoms with van der Waals surface area (Å²) in [5, 5.41) is 0. The van der Waals surface area contributed by atoms with Gasteiger partial charge in [-0.15, -0.1) is 0 Å². The fraction of sp³-hybridized carbons (Fsp3) is 0.917. The predicted molar refractivity (Wildman–Crippen MR) is 72.3 cm³/mol. The SMILES string of the molecule is CCOC1CCCN(C(=NCCCOC)NN)C1. The first-order chi connectivity index (χ1) is 8.81. The number of ether oxygens (including phenoxy) is 2. The highest BCUT2D eigenvalue weighted by molar-refractivity contribution is 5.79. The summed E-state index contributed by atoms with van der Waals surface area (Å²) in [6.45, 7) is 6.08. The second-order valence-corrected chi connectivity index (χ2v) is 4.36. The third-order valence-corrected chi connectivity index (χ3v) is 2.98. The normalized spacial score (nSPS) is 21.2. The maximum Gasteiger partial charge on any atom is 0.208 e. The van der Waals surface area contributed by atoms with Crippen LogP contribution in [-0.4, -0.2) is 56.9 Å². The van der Waals surface area contributed by atoms with Gasteiger partial charge in [-0.2, -0.15) is 0 Å². The van der Waals surface area contributed by atoms with Gasteiger partial charge < -0.3 is 14.4 Å². The van der Waals surface area contributed by atoms with E-state index in [4.69, 9.17) is 15.3 Å². The van der Waals surface area contributed by atoms with E-state index in [1.807, 2.05) is 6.92 Å². The Balaban J connectivity index is 2.42. The third kappa shape index (κ3) is 5.20. The quantitative estimate of drug-likeness (QED) is 0.236. The van der Waals surface area contributed by atoms with E-state index in [0.29, 0.717) is 6.10 Å². The molecule has 6 heteroatoms. The summed E-state index contributed by atoms with van der Waals surface area (Å²) in [6.07, 6.45) is 3.43. The monoisotopic (exact) mass is 258 g/mol. The molecular formula is C12H26N4O2. The number of nitrogens with two attached hydrogens (primary N) is 1. The van der Waals surface area contributed by atoms with E-state index in [2.05, 4.69) is 15.3 Å². The van der Waals surface area contributed by atoms with Gasteiger partial charge in [0.15, 0.2) is 0 Å². The van der Waals surface area contributed by atoms with Crippen LogP contribution in [0.3, 0.4) is 0 Å². The maximum absolute atomic E-state index is 5.67. The summed E-state index contributed by atoms with van der Waals surface area (Å²) in [6, 6.07) is 0. The molecular weight excluding hydrogens is 232 g/mol. The molecule has 0 saturated carbocycles. The first-order valence-electron chi connectivity index (χ1n) is 6.68. The molecule has 1 aliphatic heterocycles. The molecule has 0 radical (unpaired) electrons. The Morgan fingerprint density at radius 2 is 2.39 bits per heavy atom. The van der Waals surface area contributed by atoms with E-state index in [1.165, 1.54) is 0 Å². The molecule has 3 N–H and O–H groups in total. The van der Waals surface area contributed by atoms with Gasteiger partial charge in [0, 0.05) is 40.0 Å². The van der Waals surface area contributed by atoms with Crippen molar-refractivity contribution in [2.45, 2.75) is 32.3 Å². The van der Waals surface area contributed by atoms with Gasteiger partial charge in [-0.1, -0.05) is 0 Å². The van der Waals surface area contributed by atoms with Crippen LogP contribution in [0.4, 0.5) is 0 Å². The summed E-state index contributed by atoms with van der Waals surface area (Å²) in [5.41, 5.74) is 2.69. The van der Waals surface area contributed by atoms with Gasteiger partial charge in [0.1, 0.15) is 0 Å². The minimum Gasteiger partial charge on any atom is -0.385 e. The Hall–Kier alpha value is -0.850. The van der Waals surface area contributed by atoms with Crippen molar-refractivity contribution in [2.24, 2.45) is 10.8 Å². The van der Waals surface area contributed by atoms with Gasteiger partial charge in [0.2, 0.25) is 5.96 Å². The summed E-state index contributed by atoms with van der Waals surface area (Å²) >= 11 is 0. The highest BCUT2D eigenvalue weighted by atomic mass is 16.5. The van der Waals surface area contributed by atoms with E-state index in [1.54, 1.807) is 7.11 Å². The number of nitrogens with one attached hydrogen (secondary N) is 1. The molecule has 1 unspecified atom stereocenters. The number of likely N-dealkylation sites (tertiary alicyclic amines) is 1. The van der Waals surface area contributed by atoms with E-state index in [9.17, 15) is 0 Å². The molecule has 1 fully saturated rings. The second-order valence-electron chi connectivity index (χ2n) is 4.36. The van der Waals surface area contributed by atoms with Crippen molar-refractivity contribution in [3.05, 3.63) is 0 Å². The molecule has 1 heterocycles. The molecule has 0 aromatic rings. The molecule has 0 aliphatic carbocycles. The van der Waals surface area contributed by atoms with Crippen LogP contribution in [0.2, 0.25) is 0 Å². The summed E-state index contributed by atoms with van der Waals surface area (Å²) in [5.74, 6) is 6.30. The second kappa shape index (κ2) is 9.13. The lowest BCUT2D eigenvalue weighted by Crippen LogP contribution is -2.50. The molecule has 0 spiro atoms. The Kier molecular flexibility index (Phi) is 7.71. The molecule has 1 atom stereocenters. The van der Waals surface area contributed by atoms with Crippen molar-refractivity contribution in [1.29, 1.82) is 0 Å². The number of rotatable bonds is 6. The van der Waals surface area contributed by atoms with Gasteiger partial charge in [0.25, 0.3) is 0 Å². The van der Waals surface area contributed by atoms with Crippen molar-refractivity contribution in [3.63, 3.8) is 0 Å². The lowest BCUT2D eigenvalue weighted by Gasteiger charge is -2.34. The molecule has 1 saturated heterocycles. The molecule has 6 nitrogen and oxygen atoms in total. The van der Waals surface area contributed by atoms with Crippen LogP contribution in [0.1, 0.15) is 26.2 Å². The smallest absolute Gasteiger partial charge is 0.208 e. The van der Waals surface area contributed by atoms with Gasteiger partial charge in [-0.05, 0) is 26.2 Å². The van der Waals surface area contributed by atoms with Crippen LogP contribution >= 0.6 is 0 Å². The zero-order chi connectivity index (χ0) is 13.2. The Morgan fingerprint density at radius 1 is 1.56 bits per heavy atom. The topological polar surface area (TPSA) is 72.1 Å². The van der Waals surface area contributed by atoms with Crippen LogP contribution in [0.25, 0.3) is 0 Å². The number of nitrogens with zero attached hydrogens (tertiary/aromatic N) is 2. The lowest BCUT2D eigenvalue weighted by molar-refractivity contribution is 0.0227. The number of hydrogen-bond acceptors (Lipinski definition) is 4. The van der Waals surface area contributed by atoms with Gasteiger partial charge >= 0.3 is 0 Å². The number of piperidine rings is 1. The van der Waals surface area contributed by atoms with E-state index in [0.717, 1.165) is 58.1 Å². The fourth-order valence-corrected chi connectivity index (χ4v) is 2.13. The number of aliphatic imine (C=N–C) groups is 1. The number of methoxy groups -OCH3 is 1. The van der Waals surface area contributed by atoms with E-state index >= 15 is 0 Å². The maximum atomic E-state index is 5.67. The van der Waals surface area contributed by atoms with E-state index in [-0.39, 0.29) is 0 Å². The van der Waals surface area contributed by atoms with E-state index < -0.39 is 0 Å². The summed E-state index contributed by atoms with van der Waals surface area (Å²) in [4.78, 5) is 6.63. The number of guanidine groups is 1. The average molecular weight is 258 g/mol. The van der Waals surface area contributed by atoms with Crippen LogP contribution in [0.5, 0.6) is 0 Å². The molecule has 0 bridgehead atoms. The van der Waals surface area contributed by atoms with Crippen molar-refractivity contribution in [3.8, 4) is 0 Å². The van der Waals surface area contributed by atoms with Gasteiger partial charge in [-0.25, -0.2) is 5.84 Å². The summed E-state index contributed by atoms with van der Waals surface area (Å²) < 4.78 is 10.7. The van der Waals surface area contributed by atoms with Crippen LogP contribution in [0.15, 0.2) is 4.99 Å². The molecule has 0 aromatic carbocycles. The van der Waals surface area contributed by atoms with Crippen molar-refractivity contribution in [2.75, 3.05) is 40.0 Å². The highest BCUT2D eigenvalue weighted by Crippen LogP contribution is 2.13. The van der Waals surface area contributed by atoms with Crippen LogP contribution in [0, 0.1) is 0 Å². The molecule has 18 heavy (non-hydrogen) atoms. The standard InChI is InChI=1S/C12H26N4O2/c1-3-18-11-6-4-8-16(10-11)12(15-13)14-7-5-9-17-2/h11H,3-10,13H2,1-2H3,(H,14,15). The lowest BCUT2D eigenvalue weighted by atomic mass is 10.1. The van der Waals surface area contributed by atoms with Crippen LogP contribution in [-0.2, 0) is 9.47 Å².